The number of benzene rings is 1. The Morgan fingerprint density at radius 1 is 0.944 bits per heavy atom. The van der Waals surface area contributed by atoms with Gasteiger partial charge in [0, 0.05) is 12.3 Å². The lowest BCUT2D eigenvalue weighted by Crippen LogP contribution is -2.10. The molecule has 0 heterocycles. The van der Waals surface area contributed by atoms with Gasteiger partial charge in [-0.2, -0.15) is 11.8 Å². The molecule has 1 rings (SSSR count). The van der Waals surface area contributed by atoms with Gasteiger partial charge in [0.15, 0.2) is 0 Å². The van der Waals surface area contributed by atoms with Crippen molar-refractivity contribution in [2.24, 2.45) is 5.73 Å². The van der Waals surface area contributed by atoms with Crippen molar-refractivity contribution in [1.29, 1.82) is 0 Å². The number of rotatable bonds is 11. The highest BCUT2D eigenvalue weighted by Crippen LogP contribution is 2.10. The standard InChI is InChI=1S/C14H23NO2S/c15-8-10-16-11-13-18-12-5-4-9-17-14-6-2-1-3-7-14/h1-3,6-7H,4-5,8-13,15H2. The minimum absolute atomic E-state index is 0.613. The zero-order chi connectivity index (χ0) is 12.9. The first kappa shape index (κ1) is 15.3. The molecule has 0 amide bonds. The SMILES string of the molecule is NCCOCCSCCCCOc1ccccc1. The first-order chi connectivity index (χ1) is 8.93. The van der Waals surface area contributed by atoms with E-state index >= 15 is 0 Å². The summed E-state index contributed by atoms with van der Waals surface area (Å²) in [5.41, 5.74) is 5.33. The normalized spacial score (nSPS) is 10.5. The average Bonchev–Trinajstić information content (AvgIpc) is 2.42. The Hall–Kier alpha value is -0.710. The van der Waals surface area contributed by atoms with Crippen molar-refractivity contribution < 1.29 is 9.47 Å². The van der Waals surface area contributed by atoms with Crippen LogP contribution in [0.25, 0.3) is 0 Å². The van der Waals surface area contributed by atoms with Crippen LogP contribution in [-0.2, 0) is 4.74 Å². The third kappa shape index (κ3) is 8.39. The molecule has 0 radical (unpaired) electrons. The minimum atomic E-state index is 0.613. The summed E-state index contributed by atoms with van der Waals surface area (Å²) in [5, 5.41) is 0. The van der Waals surface area contributed by atoms with Crippen molar-refractivity contribution in [2.75, 3.05) is 37.9 Å². The van der Waals surface area contributed by atoms with Gasteiger partial charge < -0.3 is 15.2 Å². The Kier molecular flexibility index (Phi) is 9.71. The van der Waals surface area contributed by atoms with E-state index in [4.69, 9.17) is 15.2 Å². The summed E-state index contributed by atoms with van der Waals surface area (Å²) in [6, 6.07) is 9.96. The van der Waals surface area contributed by atoms with Gasteiger partial charge in [-0.15, -0.1) is 0 Å². The van der Waals surface area contributed by atoms with Crippen LogP contribution in [0, 0.1) is 0 Å². The number of unbranched alkanes of at least 4 members (excludes halogenated alkanes) is 1. The van der Waals surface area contributed by atoms with Gasteiger partial charge in [0.05, 0.1) is 19.8 Å². The van der Waals surface area contributed by atoms with Gasteiger partial charge in [-0.05, 0) is 30.7 Å². The molecule has 3 nitrogen and oxygen atoms in total. The zero-order valence-electron chi connectivity index (χ0n) is 10.8. The van der Waals surface area contributed by atoms with E-state index in [0.717, 1.165) is 31.1 Å². The van der Waals surface area contributed by atoms with E-state index in [1.165, 1.54) is 12.2 Å². The number of nitrogens with two attached hydrogens (primary N) is 1. The van der Waals surface area contributed by atoms with Crippen molar-refractivity contribution >= 4 is 11.8 Å². The second-order valence-corrected chi connectivity index (χ2v) is 5.11. The lowest BCUT2D eigenvalue weighted by molar-refractivity contribution is 0.158. The number of hydrogen-bond acceptors (Lipinski definition) is 4. The van der Waals surface area contributed by atoms with Crippen LogP contribution >= 0.6 is 11.8 Å². The van der Waals surface area contributed by atoms with Crippen LogP contribution in [-0.4, -0.2) is 37.9 Å². The van der Waals surface area contributed by atoms with E-state index in [1.807, 2.05) is 42.1 Å². The Morgan fingerprint density at radius 2 is 1.78 bits per heavy atom. The van der Waals surface area contributed by atoms with Crippen molar-refractivity contribution in [1.82, 2.24) is 0 Å². The molecular formula is C14H23NO2S. The number of para-hydroxylation sites is 1. The largest absolute Gasteiger partial charge is 0.494 e. The maximum atomic E-state index is 5.62. The summed E-state index contributed by atoms with van der Waals surface area (Å²) in [6.07, 6.45) is 2.29. The third-order valence-corrected chi connectivity index (χ3v) is 3.36. The molecular weight excluding hydrogens is 246 g/mol. The fraction of sp³-hybridized carbons (Fsp3) is 0.571. The molecule has 0 unspecified atom stereocenters. The van der Waals surface area contributed by atoms with Gasteiger partial charge in [-0.1, -0.05) is 18.2 Å². The molecule has 0 bridgehead atoms. The van der Waals surface area contributed by atoms with E-state index < -0.39 is 0 Å². The molecule has 0 aliphatic heterocycles. The van der Waals surface area contributed by atoms with Gasteiger partial charge in [-0.3, -0.25) is 0 Å². The highest BCUT2D eigenvalue weighted by Gasteiger charge is 1.93. The van der Waals surface area contributed by atoms with E-state index in [9.17, 15) is 0 Å². The summed E-state index contributed by atoms with van der Waals surface area (Å²) in [7, 11) is 0. The van der Waals surface area contributed by atoms with E-state index in [-0.39, 0.29) is 0 Å². The maximum absolute atomic E-state index is 5.62. The predicted octanol–water partition coefficient (Wildman–Crippen LogP) is 2.55. The molecule has 0 aromatic heterocycles. The van der Waals surface area contributed by atoms with Crippen LogP contribution in [0.2, 0.25) is 0 Å². The lowest BCUT2D eigenvalue weighted by Gasteiger charge is -2.06. The van der Waals surface area contributed by atoms with E-state index in [1.54, 1.807) is 0 Å². The van der Waals surface area contributed by atoms with Crippen LogP contribution in [0.5, 0.6) is 5.75 Å². The molecule has 102 valence electrons. The monoisotopic (exact) mass is 269 g/mol. The fourth-order valence-electron chi connectivity index (χ4n) is 1.42. The molecule has 2 N–H and O–H groups in total. The molecule has 0 saturated carbocycles. The number of ether oxygens (including phenoxy) is 2. The van der Waals surface area contributed by atoms with Crippen LogP contribution in [0.1, 0.15) is 12.8 Å². The fourth-order valence-corrected chi connectivity index (χ4v) is 2.27. The van der Waals surface area contributed by atoms with Crippen molar-refractivity contribution in [3.63, 3.8) is 0 Å². The maximum Gasteiger partial charge on any atom is 0.119 e. The second-order valence-electron chi connectivity index (χ2n) is 3.88. The molecule has 4 heteroatoms. The van der Waals surface area contributed by atoms with Crippen molar-refractivity contribution in [3.05, 3.63) is 30.3 Å². The van der Waals surface area contributed by atoms with Crippen molar-refractivity contribution in [3.8, 4) is 5.75 Å². The summed E-state index contributed by atoms with van der Waals surface area (Å²) in [6.45, 7) is 2.89. The van der Waals surface area contributed by atoms with Crippen LogP contribution < -0.4 is 10.5 Å². The van der Waals surface area contributed by atoms with Crippen molar-refractivity contribution in [2.45, 2.75) is 12.8 Å². The second kappa shape index (κ2) is 11.4. The smallest absolute Gasteiger partial charge is 0.119 e. The Bertz CT molecular complexity index is 282. The summed E-state index contributed by atoms with van der Waals surface area (Å²) < 4.78 is 10.9. The molecule has 0 fully saturated rings. The third-order valence-electron chi connectivity index (χ3n) is 2.33. The molecule has 0 spiro atoms. The minimum Gasteiger partial charge on any atom is -0.494 e. The molecule has 1 aromatic carbocycles. The van der Waals surface area contributed by atoms with Crippen LogP contribution in [0.15, 0.2) is 30.3 Å². The number of thioether (sulfide) groups is 1. The molecule has 0 aliphatic rings. The first-order valence-electron chi connectivity index (χ1n) is 6.47. The highest BCUT2D eigenvalue weighted by molar-refractivity contribution is 7.99. The first-order valence-corrected chi connectivity index (χ1v) is 7.62. The van der Waals surface area contributed by atoms with Crippen LogP contribution in [0.3, 0.4) is 0 Å². The summed E-state index contributed by atoms with van der Waals surface area (Å²) in [4.78, 5) is 0. The molecule has 0 atom stereocenters. The summed E-state index contributed by atoms with van der Waals surface area (Å²) >= 11 is 1.93. The van der Waals surface area contributed by atoms with Crippen LogP contribution in [0.4, 0.5) is 0 Å². The summed E-state index contributed by atoms with van der Waals surface area (Å²) in [5.74, 6) is 3.18. The molecule has 0 saturated heterocycles. The number of hydrogen-bond donors (Lipinski definition) is 1. The molecule has 18 heavy (non-hydrogen) atoms. The predicted molar refractivity (Wildman–Crippen MR) is 78.4 cm³/mol. The quantitative estimate of drug-likeness (QED) is 0.627. The highest BCUT2D eigenvalue weighted by atomic mass is 32.2. The van der Waals surface area contributed by atoms with Gasteiger partial charge in [0.25, 0.3) is 0 Å². The Labute approximate surface area is 114 Å². The van der Waals surface area contributed by atoms with E-state index in [2.05, 4.69) is 0 Å². The Morgan fingerprint density at radius 3 is 2.56 bits per heavy atom. The molecule has 0 aliphatic carbocycles. The van der Waals surface area contributed by atoms with Gasteiger partial charge in [-0.25, -0.2) is 0 Å². The molecule has 1 aromatic rings. The lowest BCUT2D eigenvalue weighted by atomic mass is 10.3. The zero-order valence-corrected chi connectivity index (χ0v) is 11.7. The van der Waals surface area contributed by atoms with Gasteiger partial charge in [0.2, 0.25) is 0 Å². The van der Waals surface area contributed by atoms with Gasteiger partial charge >= 0.3 is 0 Å². The Balaban J connectivity index is 1.82. The van der Waals surface area contributed by atoms with E-state index in [0.29, 0.717) is 13.2 Å². The topological polar surface area (TPSA) is 44.5 Å². The average molecular weight is 269 g/mol. The van der Waals surface area contributed by atoms with Gasteiger partial charge in [0.1, 0.15) is 5.75 Å².